The highest BCUT2D eigenvalue weighted by Crippen LogP contribution is 2.24. The van der Waals surface area contributed by atoms with E-state index < -0.39 is 10.0 Å². The Labute approximate surface area is 181 Å². The van der Waals surface area contributed by atoms with E-state index in [1.165, 1.54) is 4.31 Å². The monoisotopic (exact) mass is 454 g/mol. The van der Waals surface area contributed by atoms with Gasteiger partial charge in [-0.3, -0.25) is 4.90 Å². The molecule has 2 saturated heterocycles. The number of nitrogens with zero attached hydrogens (tertiary/aromatic N) is 4. The van der Waals surface area contributed by atoms with Crippen LogP contribution >= 0.6 is 12.2 Å². The SMILES string of the molecule is CC1CN(Cn2nc(-c3cccc(S(=O)(=O)N4CCOCC4)c3)oc2=S)CC(C)O1. The molecule has 2 fully saturated rings. The summed E-state index contributed by atoms with van der Waals surface area (Å²) in [5, 5.41) is 4.49. The summed E-state index contributed by atoms with van der Waals surface area (Å²) in [6.07, 6.45) is 0.271. The minimum absolute atomic E-state index is 0.136. The van der Waals surface area contributed by atoms with Gasteiger partial charge in [0.05, 0.1) is 37.0 Å². The molecule has 30 heavy (non-hydrogen) atoms. The lowest BCUT2D eigenvalue weighted by Gasteiger charge is -2.34. The molecule has 2 unspecified atom stereocenters. The van der Waals surface area contributed by atoms with E-state index in [0.717, 1.165) is 13.1 Å². The zero-order valence-corrected chi connectivity index (χ0v) is 18.7. The quantitative estimate of drug-likeness (QED) is 0.634. The predicted molar refractivity (Wildman–Crippen MR) is 112 cm³/mol. The van der Waals surface area contributed by atoms with E-state index in [9.17, 15) is 8.42 Å². The number of ether oxygens (including phenoxy) is 2. The molecule has 3 heterocycles. The van der Waals surface area contributed by atoms with Gasteiger partial charge in [0.15, 0.2) is 0 Å². The molecule has 0 N–H and O–H groups in total. The molecule has 0 aliphatic carbocycles. The molecule has 1 aromatic carbocycles. The molecule has 1 aromatic heterocycles. The van der Waals surface area contributed by atoms with Crippen molar-refractivity contribution in [2.24, 2.45) is 0 Å². The Morgan fingerprint density at radius 3 is 2.57 bits per heavy atom. The fourth-order valence-corrected chi connectivity index (χ4v) is 5.46. The average Bonchev–Trinajstić information content (AvgIpc) is 3.08. The normalized spacial score (nSPS) is 24.2. The Balaban J connectivity index is 1.56. The summed E-state index contributed by atoms with van der Waals surface area (Å²) in [7, 11) is -3.60. The minimum Gasteiger partial charge on any atom is -0.409 e. The molecule has 164 valence electrons. The maximum atomic E-state index is 12.9. The smallest absolute Gasteiger partial charge is 0.288 e. The van der Waals surface area contributed by atoms with Crippen LogP contribution in [0.25, 0.3) is 11.5 Å². The highest BCUT2D eigenvalue weighted by Gasteiger charge is 2.27. The molecule has 2 atom stereocenters. The van der Waals surface area contributed by atoms with Gasteiger partial charge in [0.1, 0.15) is 0 Å². The number of hydrogen-bond donors (Lipinski definition) is 0. The van der Waals surface area contributed by atoms with Crippen molar-refractivity contribution in [2.45, 2.75) is 37.6 Å². The van der Waals surface area contributed by atoms with Gasteiger partial charge < -0.3 is 13.9 Å². The fraction of sp³-hybridized carbons (Fsp3) is 0.579. The lowest BCUT2D eigenvalue weighted by molar-refractivity contribution is -0.0778. The third kappa shape index (κ3) is 4.66. The average molecular weight is 455 g/mol. The van der Waals surface area contributed by atoms with Crippen molar-refractivity contribution in [3.05, 3.63) is 29.1 Å². The number of aromatic nitrogens is 2. The van der Waals surface area contributed by atoms with Crippen molar-refractivity contribution < 1.29 is 22.3 Å². The molecule has 11 heteroatoms. The van der Waals surface area contributed by atoms with E-state index in [2.05, 4.69) is 10.00 Å². The van der Waals surface area contributed by atoms with Crippen molar-refractivity contribution in [2.75, 3.05) is 39.4 Å². The number of rotatable bonds is 5. The first-order valence-corrected chi connectivity index (χ1v) is 11.8. The van der Waals surface area contributed by atoms with Gasteiger partial charge in [0.25, 0.3) is 4.84 Å². The van der Waals surface area contributed by atoms with E-state index >= 15 is 0 Å². The second kappa shape index (κ2) is 8.85. The molecule has 9 nitrogen and oxygen atoms in total. The number of sulfonamides is 1. The Morgan fingerprint density at radius 2 is 1.87 bits per heavy atom. The topological polar surface area (TPSA) is 90.0 Å². The zero-order valence-electron chi connectivity index (χ0n) is 17.1. The molecular weight excluding hydrogens is 428 g/mol. The van der Waals surface area contributed by atoms with Crippen LogP contribution in [0.15, 0.2) is 33.6 Å². The van der Waals surface area contributed by atoms with Crippen molar-refractivity contribution >= 4 is 22.2 Å². The van der Waals surface area contributed by atoms with Crippen LogP contribution in [-0.2, 0) is 26.2 Å². The molecule has 2 aliphatic heterocycles. The summed E-state index contributed by atoms with van der Waals surface area (Å²) < 4.78 is 45.7. The van der Waals surface area contributed by atoms with Crippen LogP contribution in [0.3, 0.4) is 0 Å². The van der Waals surface area contributed by atoms with Gasteiger partial charge >= 0.3 is 0 Å². The van der Waals surface area contributed by atoms with Gasteiger partial charge in [-0.25, -0.2) is 13.1 Å². The Bertz CT molecular complexity index is 1040. The molecule has 0 spiro atoms. The Hall–Kier alpha value is -1.63. The summed E-state index contributed by atoms with van der Waals surface area (Å²) in [5.74, 6) is 0.299. The van der Waals surface area contributed by atoms with E-state index in [1.807, 2.05) is 13.8 Å². The largest absolute Gasteiger partial charge is 0.409 e. The number of morpholine rings is 2. The Kier molecular flexibility index (Phi) is 6.37. The maximum absolute atomic E-state index is 12.9. The van der Waals surface area contributed by atoms with Gasteiger partial charge in [0, 0.05) is 31.7 Å². The van der Waals surface area contributed by atoms with Crippen LogP contribution in [0.5, 0.6) is 0 Å². The molecular formula is C19H26N4O5S2. The third-order valence-electron chi connectivity index (χ3n) is 5.12. The van der Waals surface area contributed by atoms with Crippen LogP contribution in [0.1, 0.15) is 13.8 Å². The molecule has 2 aliphatic rings. The predicted octanol–water partition coefficient (Wildman–Crippen LogP) is 1.96. The first-order chi connectivity index (χ1) is 14.3. The van der Waals surface area contributed by atoms with E-state index in [0.29, 0.717) is 44.4 Å². The van der Waals surface area contributed by atoms with Crippen molar-refractivity contribution in [3.63, 3.8) is 0 Å². The molecule has 2 aromatic rings. The van der Waals surface area contributed by atoms with Gasteiger partial charge in [-0.1, -0.05) is 6.07 Å². The van der Waals surface area contributed by atoms with E-state index in [-0.39, 0.29) is 21.9 Å². The van der Waals surface area contributed by atoms with E-state index in [4.69, 9.17) is 26.1 Å². The van der Waals surface area contributed by atoms with Crippen LogP contribution in [-0.4, -0.2) is 79.0 Å². The van der Waals surface area contributed by atoms with Gasteiger partial charge in [-0.15, -0.1) is 5.10 Å². The second-order valence-corrected chi connectivity index (χ2v) is 9.94. The van der Waals surface area contributed by atoms with Crippen molar-refractivity contribution in [3.8, 4) is 11.5 Å². The van der Waals surface area contributed by atoms with Crippen molar-refractivity contribution in [1.82, 2.24) is 19.0 Å². The summed E-state index contributed by atoms with van der Waals surface area (Å²) >= 11 is 5.34. The first-order valence-electron chi connectivity index (χ1n) is 9.97. The second-order valence-electron chi connectivity index (χ2n) is 7.65. The van der Waals surface area contributed by atoms with Gasteiger partial charge in [-0.05, 0) is 44.3 Å². The molecule has 0 saturated carbocycles. The molecule has 4 rings (SSSR count). The molecule has 0 radical (unpaired) electrons. The highest BCUT2D eigenvalue weighted by atomic mass is 32.2. The number of benzene rings is 1. The van der Waals surface area contributed by atoms with E-state index in [1.54, 1.807) is 28.9 Å². The third-order valence-corrected chi connectivity index (χ3v) is 7.31. The summed E-state index contributed by atoms with van der Waals surface area (Å²) in [4.78, 5) is 2.66. The lowest BCUT2D eigenvalue weighted by atomic mass is 10.2. The first kappa shape index (κ1) is 21.6. The van der Waals surface area contributed by atoms with Crippen LogP contribution < -0.4 is 0 Å². The summed E-state index contributed by atoms with van der Waals surface area (Å²) in [5.41, 5.74) is 0.567. The lowest BCUT2D eigenvalue weighted by Crippen LogP contribution is -2.46. The van der Waals surface area contributed by atoms with Crippen LogP contribution in [0.4, 0.5) is 0 Å². The summed E-state index contributed by atoms with van der Waals surface area (Å²) in [6.45, 7) is 7.62. The highest BCUT2D eigenvalue weighted by molar-refractivity contribution is 7.89. The molecule has 0 amide bonds. The van der Waals surface area contributed by atoms with Gasteiger partial charge in [-0.2, -0.15) is 4.31 Å². The molecule has 0 bridgehead atoms. The van der Waals surface area contributed by atoms with Crippen LogP contribution in [0, 0.1) is 4.84 Å². The van der Waals surface area contributed by atoms with Crippen LogP contribution in [0.2, 0.25) is 0 Å². The standard InChI is InChI=1S/C19H26N4O5S2/c1-14-11-21(12-15(2)27-14)13-23-19(29)28-18(20-23)16-4-3-5-17(10-16)30(24,25)22-6-8-26-9-7-22/h3-5,10,14-15H,6-9,11-13H2,1-2H3. The minimum atomic E-state index is -3.60. The zero-order chi connectivity index (χ0) is 21.3. The number of hydrogen-bond acceptors (Lipinski definition) is 8. The fourth-order valence-electron chi connectivity index (χ4n) is 3.83. The Morgan fingerprint density at radius 1 is 1.17 bits per heavy atom. The maximum Gasteiger partial charge on any atom is 0.288 e. The van der Waals surface area contributed by atoms with Crippen molar-refractivity contribution in [1.29, 1.82) is 0 Å². The van der Waals surface area contributed by atoms with Gasteiger partial charge in [0.2, 0.25) is 15.9 Å². The summed E-state index contributed by atoms with van der Waals surface area (Å²) in [6, 6.07) is 6.61.